The lowest BCUT2D eigenvalue weighted by molar-refractivity contribution is -0.151. The maximum atomic E-state index is 13.5. The number of rotatable bonds is 4. The topological polar surface area (TPSA) is 38.7 Å². The molecule has 17 heavy (non-hydrogen) atoms. The average molecular weight is 240 g/mol. The van der Waals surface area contributed by atoms with E-state index in [-0.39, 0.29) is 5.75 Å². The fourth-order valence-corrected chi connectivity index (χ4v) is 2.27. The molecule has 0 heterocycles. The highest BCUT2D eigenvalue weighted by molar-refractivity contribution is 5.32. The summed E-state index contributed by atoms with van der Waals surface area (Å²) >= 11 is 0. The Morgan fingerprint density at radius 2 is 2.06 bits per heavy atom. The molecular weight excluding hydrogens is 223 g/mol. The Labute approximate surface area is 100 Å². The third-order valence-electron chi connectivity index (χ3n) is 3.60. The first-order valence-electron chi connectivity index (χ1n) is 5.69. The van der Waals surface area contributed by atoms with Crippen LogP contribution in [0.15, 0.2) is 18.2 Å². The van der Waals surface area contributed by atoms with E-state index in [1.165, 1.54) is 19.2 Å². The van der Waals surface area contributed by atoms with Crippen molar-refractivity contribution < 1.29 is 19.0 Å². The van der Waals surface area contributed by atoms with Crippen LogP contribution in [0.25, 0.3) is 0 Å². The lowest BCUT2D eigenvalue weighted by atomic mass is 9.73. The van der Waals surface area contributed by atoms with Gasteiger partial charge in [0.1, 0.15) is 6.10 Å². The summed E-state index contributed by atoms with van der Waals surface area (Å²) in [6.07, 6.45) is 1.85. The smallest absolute Gasteiger partial charge is 0.165 e. The van der Waals surface area contributed by atoms with Crippen LogP contribution in [-0.2, 0) is 4.74 Å². The first-order valence-corrected chi connectivity index (χ1v) is 5.69. The van der Waals surface area contributed by atoms with Gasteiger partial charge in [-0.3, -0.25) is 0 Å². The Bertz CT molecular complexity index is 396. The predicted molar refractivity (Wildman–Crippen MR) is 61.5 cm³/mol. The third-order valence-corrected chi connectivity index (χ3v) is 3.60. The molecule has 1 N–H and O–H groups in total. The van der Waals surface area contributed by atoms with Crippen molar-refractivity contribution in [3.63, 3.8) is 0 Å². The van der Waals surface area contributed by atoms with Crippen LogP contribution < -0.4 is 4.74 Å². The van der Waals surface area contributed by atoms with Crippen molar-refractivity contribution in [3.8, 4) is 5.75 Å². The third kappa shape index (κ3) is 2.03. The van der Waals surface area contributed by atoms with E-state index in [2.05, 4.69) is 0 Å². The van der Waals surface area contributed by atoms with E-state index in [1.54, 1.807) is 13.2 Å². The average Bonchev–Trinajstić information content (AvgIpc) is 2.28. The van der Waals surface area contributed by atoms with Crippen molar-refractivity contribution in [3.05, 3.63) is 29.6 Å². The maximum Gasteiger partial charge on any atom is 0.165 e. The number of halogens is 1. The monoisotopic (exact) mass is 240 g/mol. The summed E-state index contributed by atoms with van der Waals surface area (Å²) in [5.74, 6) is -0.282. The summed E-state index contributed by atoms with van der Waals surface area (Å²) in [7, 11) is 3.00. The largest absolute Gasteiger partial charge is 0.494 e. The molecule has 0 radical (unpaired) electrons. The number of hydrogen-bond acceptors (Lipinski definition) is 3. The summed E-state index contributed by atoms with van der Waals surface area (Å²) in [5, 5.41) is 10.2. The van der Waals surface area contributed by atoms with Gasteiger partial charge in [-0.05, 0) is 37.0 Å². The second kappa shape index (κ2) is 4.63. The van der Waals surface area contributed by atoms with Gasteiger partial charge in [0.2, 0.25) is 0 Å². The fourth-order valence-electron chi connectivity index (χ4n) is 2.27. The molecular formula is C13H17FO3. The number of benzene rings is 1. The highest BCUT2D eigenvalue weighted by atomic mass is 19.1. The van der Waals surface area contributed by atoms with Gasteiger partial charge in [-0.25, -0.2) is 4.39 Å². The van der Waals surface area contributed by atoms with Crippen LogP contribution in [0.2, 0.25) is 0 Å². The molecule has 0 saturated heterocycles. The van der Waals surface area contributed by atoms with Crippen LogP contribution in [0, 0.1) is 5.82 Å². The summed E-state index contributed by atoms with van der Waals surface area (Å²) in [6.45, 7) is 0. The van der Waals surface area contributed by atoms with Gasteiger partial charge < -0.3 is 14.6 Å². The quantitative estimate of drug-likeness (QED) is 0.878. The van der Waals surface area contributed by atoms with Crippen LogP contribution in [0.3, 0.4) is 0 Å². The SMILES string of the molecule is COc1ccc(C(O)C2(OC)CCC2)cc1F. The lowest BCUT2D eigenvalue weighted by Crippen LogP contribution is -2.45. The predicted octanol–water partition coefficient (Wildman–Crippen LogP) is 2.44. The molecule has 1 aromatic rings. The summed E-state index contributed by atoms with van der Waals surface area (Å²) < 4.78 is 23.8. The van der Waals surface area contributed by atoms with Gasteiger partial charge in [0.05, 0.1) is 12.7 Å². The zero-order valence-corrected chi connectivity index (χ0v) is 10.1. The molecule has 4 heteroatoms. The van der Waals surface area contributed by atoms with Gasteiger partial charge in [-0.1, -0.05) is 6.07 Å². The van der Waals surface area contributed by atoms with Gasteiger partial charge in [0.25, 0.3) is 0 Å². The van der Waals surface area contributed by atoms with E-state index in [1.807, 2.05) is 0 Å². The van der Waals surface area contributed by atoms with Crippen molar-refractivity contribution in [2.24, 2.45) is 0 Å². The minimum atomic E-state index is -0.790. The minimum Gasteiger partial charge on any atom is -0.494 e. The van der Waals surface area contributed by atoms with Gasteiger partial charge in [0.15, 0.2) is 11.6 Å². The second-order valence-electron chi connectivity index (χ2n) is 4.42. The first kappa shape index (κ1) is 12.3. The van der Waals surface area contributed by atoms with E-state index in [4.69, 9.17) is 9.47 Å². The molecule has 1 fully saturated rings. The molecule has 1 aliphatic rings. The summed E-state index contributed by atoms with van der Waals surface area (Å²) in [5.41, 5.74) is -0.00838. The Kier molecular flexibility index (Phi) is 3.35. The number of aliphatic hydroxyl groups is 1. The Balaban J connectivity index is 2.25. The van der Waals surface area contributed by atoms with Crippen molar-refractivity contribution in [2.75, 3.05) is 14.2 Å². The van der Waals surface area contributed by atoms with E-state index >= 15 is 0 Å². The molecule has 1 atom stereocenters. The standard InChI is InChI=1S/C13H17FO3/c1-16-11-5-4-9(8-10(11)14)12(15)13(17-2)6-3-7-13/h4-5,8,12,15H,3,6-7H2,1-2H3. The molecule has 0 aromatic heterocycles. The van der Waals surface area contributed by atoms with Crippen LogP contribution in [0.4, 0.5) is 4.39 Å². The molecule has 1 aliphatic carbocycles. The molecule has 0 amide bonds. The Hall–Kier alpha value is -1.13. The van der Waals surface area contributed by atoms with Crippen molar-refractivity contribution >= 4 is 0 Å². The molecule has 3 nitrogen and oxygen atoms in total. The zero-order valence-electron chi connectivity index (χ0n) is 10.1. The number of methoxy groups -OCH3 is 2. The van der Waals surface area contributed by atoms with E-state index < -0.39 is 17.5 Å². The van der Waals surface area contributed by atoms with E-state index in [9.17, 15) is 9.50 Å². The van der Waals surface area contributed by atoms with Crippen LogP contribution in [0.1, 0.15) is 30.9 Å². The normalized spacial score (nSPS) is 19.5. The Morgan fingerprint density at radius 1 is 1.35 bits per heavy atom. The first-order chi connectivity index (χ1) is 8.13. The summed E-state index contributed by atoms with van der Waals surface area (Å²) in [4.78, 5) is 0. The van der Waals surface area contributed by atoms with Crippen LogP contribution in [0.5, 0.6) is 5.75 Å². The molecule has 94 valence electrons. The fraction of sp³-hybridized carbons (Fsp3) is 0.538. The number of hydrogen-bond donors (Lipinski definition) is 1. The van der Waals surface area contributed by atoms with Crippen LogP contribution >= 0.6 is 0 Å². The maximum absolute atomic E-state index is 13.5. The van der Waals surface area contributed by atoms with E-state index in [0.29, 0.717) is 5.56 Å². The van der Waals surface area contributed by atoms with Crippen molar-refractivity contribution in [1.29, 1.82) is 0 Å². The molecule has 1 aromatic carbocycles. The highest BCUT2D eigenvalue weighted by Crippen LogP contribution is 2.45. The number of ether oxygens (including phenoxy) is 2. The zero-order chi connectivity index (χ0) is 12.5. The Morgan fingerprint density at radius 3 is 2.47 bits per heavy atom. The molecule has 1 unspecified atom stereocenters. The van der Waals surface area contributed by atoms with Gasteiger partial charge >= 0.3 is 0 Å². The van der Waals surface area contributed by atoms with Crippen molar-refractivity contribution in [2.45, 2.75) is 31.0 Å². The second-order valence-corrected chi connectivity index (χ2v) is 4.42. The minimum absolute atomic E-state index is 0.182. The van der Waals surface area contributed by atoms with Gasteiger partial charge in [0, 0.05) is 7.11 Å². The van der Waals surface area contributed by atoms with Gasteiger partial charge in [-0.15, -0.1) is 0 Å². The van der Waals surface area contributed by atoms with Crippen LogP contribution in [-0.4, -0.2) is 24.9 Å². The molecule has 1 saturated carbocycles. The molecule has 2 rings (SSSR count). The highest BCUT2D eigenvalue weighted by Gasteiger charge is 2.44. The molecule has 0 bridgehead atoms. The van der Waals surface area contributed by atoms with Crippen molar-refractivity contribution in [1.82, 2.24) is 0 Å². The van der Waals surface area contributed by atoms with Gasteiger partial charge in [-0.2, -0.15) is 0 Å². The van der Waals surface area contributed by atoms with E-state index in [0.717, 1.165) is 19.3 Å². The molecule has 0 spiro atoms. The summed E-state index contributed by atoms with van der Waals surface area (Å²) in [6, 6.07) is 4.50. The molecule has 0 aliphatic heterocycles. The lowest BCUT2D eigenvalue weighted by Gasteiger charge is -2.44. The number of aliphatic hydroxyl groups excluding tert-OH is 1.